The van der Waals surface area contributed by atoms with Gasteiger partial charge in [-0.1, -0.05) is 24.6 Å². The Morgan fingerprint density at radius 3 is 3.00 bits per heavy atom. The maximum atomic E-state index is 11.8. The normalized spacial score (nSPS) is 20.0. The third kappa shape index (κ3) is 5.72. The molecule has 3 rings (SSSR count). The maximum Gasteiger partial charge on any atom is 0.220 e. The van der Waals surface area contributed by atoms with Gasteiger partial charge in [-0.2, -0.15) is 5.10 Å². The van der Waals surface area contributed by atoms with Crippen molar-refractivity contribution in [3.8, 4) is 5.75 Å². The second-order valence-electron chi connectivity index (χ2n) is 7.61. The summed E-state index contributed by atoms with van der Waals surface area (Å²) in [7, 11) is 0. The molecule has 0 aliphatic carbocycles. The van der Waals surface area contributed by atoms with Crippen LogP contribution in [0.5, 0.6) is 5.75 Å². The van der Waals surface area contributed by atoms with E-state index in [-0.39, 0.29) is 13.0 Å². The Balaban J connectivity index is 1.71. The molecular weight excluding hydrogens is 392 g/mol. The number of hydrogen-bond acceptors (Lipinski definition) is 5. The summed E-state index contributed by atoms with van der Waals surface area (Å²) < 4.78 is 14.0. The van der Waals surface area contributed by atoms with E-state index >= 15 is 0 Å². The predicted molar refractivity (Wildman–Crippen MR) is 112 cm³/mol. The summed E-state index contributed by atoms with van der Waals surface area (Å²) in [6.07, 6.45) is 3.07. The third-order valence-corrected chi connectivity index (χ3v) is 5.39. The molecule has 2 N–H and O–H groups in total. The van der Waals surface area contributed by atoms with Gasteiger partial charge in [-0.15, -0.1) is 0 Å². The van der Waals surface area contributed by atoms with E-state index in [4.69, 9.17) is 26.8 Å². The lowest BCUT2D eigenvalue weighted by molar-refractivity contribution is -0.148. The lowest BCUT2D eigenvalue weighted by atomic mass is 9.97. The highest BCUT2D eigenvalue weighted by Gasteiger charge is 2.39. The lowest BCUT2D eigenvalue weighted by Gasteiger charge is -2.42. The molecular formula is C21H29ClN4O3. The fraction of sp³-hybridized carbons (Fsp3) is 0.524. The standard InChI is InChI=1S/C21H29ClN4O3/c1-3-7-26-16(2)17(12-24-26)13-25-8-9-29-21(14-25,11-20(23)27)15-28-19-6-4-5-18(22)10-19/h4-6,10,12H,3,7-9,11,13-15H2,1-2H3,(H2,23,27)/t21-/m1/s1. The second kappa shape index (κ2) is 9.61. The number of carbonyl (C=O) groups is 1. The summed E-state index contributed by atoms with van der Waals surface area (Å²) in [4.78, 5) is 14.0. The van der Waals surface area contributed by atoms with Crippen LogP contribution in [-0.2, 0) is 22.6 Å². The van der Waals surface area contributed by atoms with Gasteiger partial charge >= 0.3 is 0 Å². The molecule has 1 aromatic carbocycles. The van der Waals surface area contributed by atoms with E-state index in [1.807, 2.05) is 23.0 Å². The molecule has 29 heavy (non-hydrogen) atoms. The van der Waals surface area contributed by atoms with Gasteiger partial charge in [0.1, 0.15) is 18.0 Å². The van der Waals surface area contributed by atoms with Gasteiger partial charge in [0.25, 0.3) is 0 Å². The van der Waals surface area contributed by atoms with E-state index in [9.17, 15) is 4.79 Å². The first-order valence-corrected chi connectivity index (χ1v) is 10.3. The van der Waals surface area contributed by atoms with Crippen molar-refractivity contribution in [1.29, 1.82) is 0 Å². The number of amides is 1. The van der Waals surface area contributed by atoms with Crippen LogP contribution < -0.4 is 10.5 Å². The molecule has 1 aromatic heterocycles. The summed E-state index contributed by atoms with van der Waals surface area (Å²) in [6.45, 7) is 7.95. The third-order valence-electron chi connectivity index (χ3n) is 5.16. The monoisotopic (exact) mass is 420 g/mol. The summed E-state index contributed by atoms with van der Waals surface area (Å²) in [5.41, 5.74) is 7.10. The number of primary amides is 1. The fourth-order valence-corrected chi connectivity index (χ4v) is 3.89. The topological polar surface area (TPSA) is 82.6 Å². The Kier molecular flexibility index (Phi) is 7.16. The van der Waals surface area contributed by atoms with Crippen molar-refractivity contribution in [2.24, 2.45) is 5.73 Å². The minimum atomic E-state index is -0.792. The van der Waals surface area contributed by atoms with E-state index in [0.29, 0.717) is 23.9 Å². The highest BCUT2D eigenvalue weighted by Crippen LogP contribution is 2.26. The molecule has 1 amide bonds. The minimum Gasteiger partial charge on any atom is -0.490 e. The van der Waals surface area contributed by atoms with Crippen molar-refractivity contribution < 1.29 is 14.3 Å². The van der Waals surface area contributed by atoms with Crippen molar-refractivity contribution in [2.45, 2.75) is 45.4 Å². The molecule has 7 nitrogen and oxygen atoms in total. The summed E-state index contributed by atoms with van der Waals surface area (Å²) >= 11 is 6.04. The molecule has 2 heterocycles. The van der Waals surface area contributed by atoms with Crippen LogP contribution in [0.1, 0.15) is 31.0 Å². The van der Waals surface area contributed by atoms with Crippen LogP contribution in [0.15, 0.2) is 30.5 Å². The van der Waals surface area contributed by atoms with Gasteiger partial charge in [0.05, 0.1) is 19.2 Å². The summed E-state index contributed by atoms with van der Waals surface area (Å²) in [5.74, 6) is 0.229. The largest absolute Gasteiger partial charge is 0.490 e. The molecule has 1 aliphatic rings. The molecule has 1 aliphatic heterocycles. The van der Waals surface area contributed by atoms with Crippen LogP contribution in [0.4, 0.5) is 0 Å². The molecule has 0 saturated carbocycles. The average molecular weight is 421 g/mol. The van der Waals surface area contributed by atoms with E-state index in [1.165, 1.54) is 11.3 Å². The van der Waals surface area contributed by atoms with Gasteiger partial charge < -0.3 is 15.2 Å². The Morgan fingerprint density at radius 2 is 2.28 bits per heavy atom. The number of hydrogen-bond donors (Lipinski definition) is 1. The number of nitrogens with two attached hydrogens (primary N) is 1. The zero-order chi connectivity index (χ0) is 20.9. The first-order valence-electron chi connectivity index (χ1n) is 9.95. The molecule has 158 valence electrons. The number of benzene rings is 1. The van der Waals surface area contributed by atoms with Crippen molar-refractivity contribution in [3.63, 3.8) is 0 Å². The zero-order valence-corrected chi connectivity index (χ0v) is 17.8. The molecule has 1 saturated heterocycles. The quantitative estimate of drug-likeness (QED) is 0.674. The predicted octanol–water partition coefficient (Wildman–Crippen LogP) is 2.78. The Hall–Kier alpha value is -2.09. The van der Waals surface area contributed by atoms with Gasteiger partial charge in [0.15, 0.2) is 0 Å². The second-order valence-corrected chi connectivity index (χ2v) is 8.05. The minimum absolute atomic E-state index is 0.0954. The summed E-state index contributed by atoms with van der Waals surface area (Å²) in [6, 6.07) is 7.18. The number of nitrogens with zero attached hydrogens (tertiary/aromatic N) is 3. The number of morpholine rings is 1. The van der Waals surface area contributed by atoms with E-state index in [1.54, 1.807) is 12.1 Å². The van der Waals surface area contributed by atoms with Gasteiger partial charge in [-0.3, -0.25) is 14.4 Å². The molecule has 0 unspecified atom stereocenters. The number of aryl methyl sites for hydroxylation is 1. The number of aromatic nitrogens is 2. The van der Waals surface area contributed by atoms with Crippen LogP contribution in [0, 0.1) is 6.92 Å². The van der Waals surface area contributed by atoms with E-state index in [2.05, 4.69) is 23.8 Å². The van der Waals surface area contributed by atoms with Crippen LogP contribution in [-0.4, -0.2) is 52.5 Å². The molecule has 2 aromatic rings. The first-order chi connectivity index (χ1) is 13.9. The van der Waals surface area contributed by atoms with Crippen molar-refractivity contribution in [3.05, 3.63) is 46.7 Å². The van der Waals surface area contributed by atoms with Crippen LogP contribution in [0.25, 0.3) is 0 Å². The number of ether oxygens (including phenoxy) is 2. The maximum absolute atomic E-state index is 11.8. The van der Waals surface area contributed by atoms with Crippen molar-refractivity contribution >= 4 is 17.5 Å². The molecule has 0 spiro atoms. The molecule has 1 atom stereocenters. The number of carbonyl (C=O) groups excluding carboxylic acids is 1. The smallest absolute Gasteiger partial charge is 0.220 e. The Labute approximate surface area is 176 Å². The highest BCUT2D eigenvalue weighted by molar-refractivity contribution is 6.30. The van der Waals surface area contributed by atoms with Crippen LogP contribution in [0.3, 0.4) is 0 Å². The molecule has 0 bridgehead atoms. The Morgan fingerprint density at radius 1 is 1.45 bits per heavy atom. The SMILES string of the molecule is CCCn1ncc(CN2CCO[C@](COc3cccc(Cl)c3)(CC(N)=O)C2)c1C. The Bertz CT molecular complexity index is 841. The number of halogens is 1. The van der Waals surface area contributed by atoms with Gasteiger partial charge in [-0.05, 0) is 31.5 Å². The van der Waals surface area contributed by atoms with Gasteiger partial charge in [0.2, 0.25) is 5.91 Å². The van der Waals surface area contributed by atoms with Gasteiger partial charge in [-0.25, -0.2) is 0 Å². The highest BCUT2D eigenvalue weighted by atomic mass is 35.5. The van der Waals surface area contributed by atoms with Crippen LogP contribution >= 0.6 is 11.6 Å². The molecule has 0 radical (unpaired) electrons. The summed E-state index contributed by atoms with van der Waals surface area (Å²) in [5, 5.41) is 5.08. The van der Waals surface area contributed by atoms with Crippen molar-refractivity contribution in [2.75, 3.05) is 26.3 Å². The van der Waals surface area contributed by atoms with E-state index < -0.39 is 11.5 Å². The lowest BCUT2D eigenvalue weighted by Crippen LogP contribution is -2.56. The fourth-order valence-electron chi connectivity index (χ4n) is 3.71. The number of rotatable bonds is 9. The first kappa shape index (κ1) is 21.6. The van der Waals surface area contributed by atoms with Crippen molar-refractivity contribution in [1.82, 2.24) is 14.7 Å². The average Bonchev–Trinajstić information content (AvgIpc) is 3.00. The molecule has 1 fully saturated rings. The van der Waals surface area contributed by atoms with E-state index in [0.717, 1.165) is 26.1 Å². The molecule has 8 heteroatoms. The zero-order valence-electron chi connectivity index (χ0n) is 17.1. The van der Waals surface area contributed by atoms with Gasteiger partial charge in [0, 0.05) is 42.5 Å². The van der Waals surface area contributed by atoms with Crippen LogP contribution in [0.2, 0.25) is 5.02 Å².